The molecule has 32 heavy (non-hydrogen) atoms. The first-order valence-corrected chi connectivity index (χ1v) is 10.1. The Morgan fingerprint density at radius 2 is 1.72 bits per heavy atom. The van der Waals surface area contributed by atoms with Crippen LogP contribution in [-0.4, -0.2) is 19.8 Å². The summed E-state index contributed by atoms with van der Waals surface area (Å²) in [5, 5.41) is 12.9. The Balaban J connectivity index is 1.62. The predicted molar refractivity (Wildman–Crippen MR) is 118 cm³/mol. The number of rotatable bonds is 4. The first kappa shape index (κ1) is 20.3. The van der Waals surface area contributed by atoms with Crippen LogP contribution in [0, 0.1) is 0 Å². The maximum atomic E-state index is 13.4. The maximum absolute atomic E-state index is 13.4. The lowest BCUT2D eigenvalue weighted by Crippen LogP contribution is -2.12. The molecule has 0 aliphatic rings. The molecule has 0 aliphatic heterocycles. The van der Waals surface area contributed by atoms with Gasteiger partial charge in [-0.15, -0.1) is 5.10 Å². The number of halogens is 4. The Hall–Kier alpha value is -3.65. The zero-order chi connectivity index (χ0) is 22.3. The topological polar surface area (TPSA) is 55.1 Å². The van der Waals surface area contributed by atoms with Gasteiger partial charge in [0.25, 0.3) is 0 Å². The molecule has 0 bridgehead atoms. The fraction of sp³-hybridized carbons (Fsp3) is 0.0870. The Morgan fingerprint density at radius 1 is 0.938 bits per heavy atom. The lowest BCUT2D eigenvalue weighted by Gasteiger charge is -2.15. The molecule has 0 spiro atoms. The molecule has 9 heteroatoms. The highest BCUT2D eigenvalue weighted by molar-refractivity contribution is 6.30. The van der Waals surface area contributed by atoms with Gasteiger partial charge in [-0.05, 0) is 35.9 Å². The first-order chi connectivity index (χ1) is 15.4. The number of benzene rings is 3. The molecule has 0 aliphatic carbocycles. The van der Waals surface area contributed by atoms with Crippen LogP contribution in [0.15, 0.2) is 72.8 Å². The minimum absolute atomic E-state index is 0.0447. The van der Waals surface area contributed by atoms with Crippen LogP contribution in [0.2, 0.25) is 5.02 Å². The quantitative estimate of drug-likeness (QED) is 0.350. The summed E-state index contributed by atoms with van der Waals surface area (Å²) >= 11 is 6.13. The second-order valence-electron chi connectivity index (χ2n) is 7.17. The van der Waals surface area contributed by atoms with Crippen LogP contribution in [0.5, 0.6) is 0 Å². The molecule has 0 saturated heterocycles. The Labute approximate surface area is 185 Å². The van der Waals surface area contributed by atoms with E-state index in [0.717, 1.165) is 17.1 Å². The van der Waals surface area contributed by atoms with E-state index < -0.39 is 11.7 Å². The van der Waals surface area contributed by atoms with E-state index in [0.29, 0.717) is 27.6 Å². The van der Waals surface area contributed by atoms with Gasteiger partial charge >= 0.3 is 6.18 Å². The van der Waals surface area contributed by atoms with Gasteiger partial charge in [0, 0.05) is 22.5 Å². The monoisotopic (exact) mass is 453 g/mol. The molecule has 5 nitrogen and oxygen atoms in total. The van der Waals surface area contributed by atoms with E-state index in [-0.39, 0.29) is 12.1 Å². The van der Waals surface area contributed by atoms with E-state index in [4.69, 9.17) is 11.6 Å². The summed E-state index contributed by atoms with van der Waals surface area (Å²) in [6, 6.07) is 20.0. The van der Waals surface area contributed by atoms with Gasteiger partial charge < -0.3 is 5.32 Å². The van der Waals surface area contributed by atoms with Crippen molar-refractivity contribution in [1.29, 1.82) is 0 Å². The van der Waals surface area contributed by atoms with E-state index >= 15 is 0 Å². The normalized spacial score (nSPS) is 11.9. The first-order valence-electron chi connectivity index (χ1n) is 9.71. The average Bonchev–Trinajstić information content (AvgIpc) is 3.21. The van der Waals surface area contributed by atoms with Gasteiger partial charge in [-0.25, -0.2) is 4.98 Å². The minimum atomic E-state index is -4.44. The smallest absolute Gasteiger partial charge is 0.365 e. The fourth-order valence-electron chi connectivity index (χ4n) is 3.65. The molecule has 0 atom stereocenters. The van der Waals surface area contributed by atoms with Gasteiger partial charge in [0.05, 0.1) is 11.1 Å². The summed E-state index contributed by atoms with van der Waals surface area (Å²) in [4.78, 5) is 4.68. The van der Waals surface area contributed by atoms with Gasteiger partial charge in [-0.3, -0.25) is 0 Å². The number of anilines is 1. The van der Waals surface area contributed by atoms with Crippen molar-refractivity contribution >= 4 is 34.0 Å². The Kier molecular flexibility index (Phi) is 4.94. The average molecular weight is 454 g/mol. The van der Waals surface area contributed by atoms with Crippen LogP contribution in [0.25, 0.3) is 27.8 Å². The molecule has 0 radical (unpaired) electrons. The molecule has 0 amide bonds. The molecule has 5 aromatic rings. The van der Waals surface area contributed by atoms with E-state index in [1.165, 1.54) is 12.1 Å². The van der Waals surface area contributed by atoms with Crippen LogP contribution >= 0.6 is 11.6 Å². The SMILES string of the molecule is FC(F)(F)c1ccccc1CNc1nc2c(-c3cccc(Cl)c3)nnn2c2ccccc12. The second-order valence-corrected chi connectivity index (χ2v) is 7.61. The van der Waals surface area contributed by atoms with Crippen molar-refractivity contribution in [2.45, 2.75) is 12.7 Å². The van der Waals surface area contributed by atoms with Crippen molar-refractivity contribution in [3.8, 4) is 11.3 Å². The van der Waals surface area contributed by atoms with Gasteiger partial charge in [-0.2, -0.15) is 17.7 Å². The molecule has 1 N–H and O–H groups in total. The number of alkyl halides is 3. The largest absolute Gasteiger partial charge is 0.416 e. The molecule has 2 heterocycles. The molecule has 3 aromatic carbocycles. The number of nitrogens with one attached hydrogen (secondary N) is 1. The van der Waals surface area contributed by atoms with Crippen molar-refractivity contribution in [2.75, 3.05) is 5.32 Å². The van der Waals surface area contributed by atoms with Gasteiger partial charge in [-0.1, -0.05) is 59.3 Å². The fourth-order valence-corrected chi connectivity index (χ4v) is 3.84. The summed E-state index contributed by atoms with van der Waals surface area (Å²) in [5.41, 5.74) is 1.92. The van der Waals surface area contributed by atoms with Crippen molar-refractivity contribution < 1.29 is 13.2 Å². The Morgan fingerprint density at radius 3 is 2.53 bits per heavy atom. The van der Waals surface area contributed by atoms with Crippen molar-refractivity contribution in [3.05, 3.63) is 88.9 Å². The molecular weight excluding hydrogens is 439 g/mol. The number of para-hydroxylation sites is 1. The van der Waals surface area contributed by atoms with Crippen molar-refractivity contribution in [2.24, 2.45) is 0 Å². The van der Waals surface area contributed by atoms with Gasteiger partial charge in [0.15, 0.2) is 5.65 Å². The zero-order valence-electron chi connectivity index (χ0n) is 16.4. The van der Waals surface area contributed by atoms with E-state index in [9.17, 15) is 13.2 Å². The number of fused-ring (bicyclic) bond motifs is 3. The number of nitrogens with zero attached hydrogens (tertiary/aromatic N) is 4. The second kappa shape index (κ2) is 7.80. The van der Waals surface area contributed by atoms with E-state index in [1.807, 2.05) is 30.3 Å². The molecule has 0 unspecified atom stereocenters. The highest BCUT2D eigenvalue weighted by Crippen LogP contribution is 2.33. The van der Waals surface area contributed by atoms with Crippen LogP contribution in [0.1, 0.15) is 11.1 Å². The summed E-state index contributed by atoms with van der Waals surface area (Å²) in [6.07, 6.45) is -4.44. The van der Waals surface area contributed by atoms with E-state index in [2.05, 4.69) is 20.6 Å². The number of hydrogen-bond acceptors (Lipinski definition) is 4. The highest BCUT2D eigenvalue weighted by atomic mass is 35.5. The van der Waals surface area contributed by atoms with Crippen LogP contribution in [-0.2, 0) is 12.7 Å². The lowest BCUT2D eigenvalue weighted by atomic mass is 10.1. The van der Waals surface area contributed by atoms with Gasteiger partial charge in [0.1, 0.15) is 11.5 Å². The summed E-state index contributed by atoms with van der Waals surface area (Å²) in [5.74, 6) is 0.440. The summed E-state index contributed by atoms with van der Waals surface area (Å²) in [6.45, 7) is -0.0447. The number of hydrogen-bond donors (Lipinski definition) is 1. The standard InChI is InChI=1S/C23H15ClF3N5/c24-16-8-5-7-14(12-16)20-22-29-21(17-9-2-4-11-19(17)32(22)31-30-20)28-13-15-6-1-3-10-18(15)23(25,26)27/h1-12H,13H2,(H,28,29). The van der Waals surface area contributed by atoms with Crippen molar-refractivity contribution in [1.82, 2.24) is 19.8 Å². The molecule has 5 rings (SSSR count). The van der Waals surface area contributed by atoms with Crippen LogP contribution in [0.4, 0.5) is 19.0 Å². The third-order valence-corrected chi connectivity index (χ3v) is 5.35. The Bertz CT molecular complexity index is 1450. The van der Waals surface area contributed by atoms with Crippen LogP contribution < -0.4 is 5.32 Å². The summed E-state index contributed by atoms with van der Waals surface area (Å²) in [7, 11) is 0. The minimum Gasteiger partial charge on any atom is -0.365 e. The zero-order valence-corrected chi connectivity index (χ0v) is 17.2. The predicted octanol–water partition coefficient (Wildman–Crippen LogP) is 6.23. The van der Waals surface area contributed by atoms with Crippen LogP contribution in [0.3, 0.4) is 0 Å². The van der Waals surface area contributed by atoms with Crippen molar-refractivity contribution in [3.63, 3.8) is 0 Å². The molecule has 2 aromatic heterocycles. The number of aromatic nitrogens is 4. The third kappa shape index (κ3) is 3.62. The molecule has 0 fully saturated rings. The molecule has 0 saturated carbocycles. The van der Waals surface area contributed by atoms with E-state index in [1.54, 1.807) is 28.8 Å². The van der Waals surface area contributed by atoms with Gasteiger partial charge in [0.2, 0.25) is 0 Å². The maximum Gasteiger partial charge on any atom is 0.416 e. The molecule has 160 valence electrons. The highest BCUT2D eigenvalue weighted by Gasteiger charge is 2.32. The molecular formula is C23H15ClF3N5. The third-order valence-electron chi connectivity index (χ3n) is 5.12. The summed E-state index contributed by atoms with van der Waals surface area (Å²) < 4.78 is 41.8. The lowest BCUT2D eigenvalue weighted by molar-refractivity contribution is -0.138.